The van der Waals surface area contributed by atoms with Gasteiger partial charge in [0.1, 0.15) is 11.9 Å². The molecule has 0 bridgehead atoms. The van der Waals surface area contributed by atoms with Gasteiger partial charge in [0.05, 0.1) is 0 Å². The van der Waals surface area contributed by atoms with E-state index < -0.39 is 0 Å². The standard InChI is InChI=1S/C11H16N4O2S/c1-6(2)8(7(3)12)9-10(15(16)17)14-4-5-18-11(14)13-9/h4-8H,12H2,1-3H3. The fraction of sp³-hybridized carbons (Fsp3) is 0.545. The first-order valence-corrected chi connectivity index (χ1v) is 6.66. The van der Waals surface area contributed by atoms with Crippen molar-refractivity contribution < 1.29 is 4.92 Å². The van der Waals surface area contributed by atoms with E-state index >= 15 is 0 Å². The van der Waals surface area contributed by atoms with Gasteiger partial charge >= 0.3 is 5.82 Å². The van der Waals surface area contributed by atoms with E-state index in [1.807, 2.05) is 20.8 Å². The molecule has 0 aromatic carbocycles. The Balaban J connectivity index is 2.65. The fourth-order valence-corrected chi connectivity index (χ4v) is 3.08. The van der Waals surface area contributed by atoms with Crippen molar-refractivity contribution in [2.24, 2.45) is 11.7 Å². The Morgan fingerprint density at radius 3 is 2.67 bits per heavy atom. The number of nitrogens with two attached hydrogens (primary N) is 1. The van der Waals surface area contributed by atoms with Gasteiger partial charge in [-0.2, -0.15) is 9.38 Å². The number of thiazole rings is 1. The van der Waals surface area contributed by atoms with Crippen LogP contribution in [0.3, 0.4) is 0 Å². The van der Waals surface area contributed by atoms with Crippen LogP contribution < -0.4 is 5.73 Å². The van der Waals surface area contributed by atoms with Gasteiger partial charge in [-0.3, -0.25) is 0 Å². The Bertz CT molecular complexity index is 565. The van der Waals surface area contributed by atoms with Crippen LogP contribution in [-0.2, 0) is 0 Å². The van der Waals surface area contributed by atoms with E-state index in [1.165, 1.54) is 15.7 Å². The maximum Gasteiger partial charge on any atom is 0.352 e. The summed E-state index contributed by atoms with van der Waals surface area (Å²) in [5.41, 5.74) is 6.46. The maximum absolute atomic E-state index is 11.3. The highest BCUT2D eigenvalue weighted by atomic mass is 32.1. The summed E-state index contributed by atoms with van der Waals surface area (Å²) in [7, 11) is 0. The predicted molar refractivity (Wildman–Crippen MR) is 71.0 cm³/mol. The van der Waals surface area contributed by atoms with Crippen LogP contribution in [0.2, 0.25) is 0 Å². The monoisotopic (exact) mass is 268 g/mol. The lowest BCUT2D eigenvalue weighted by atomic mass is 9.87. The minimum absolute atomic E-state index is 0.0438. The van der Waals surface area contributed by atoms with E-state index in [-0.39, 0.29) is 28.6 Å². The van der Waals surface area contributed by atoms with Crippen molar-refractivity contribution in [1.82, 2.24) is 9.38 Å². The Morgan fingerprint density at radius 1 is 1.50 bits per heavy atom. The largest absolute Gasteiger partial charge is 0.358 e. The molecule has 0 aliphatic heterocycles. The molecule has 0 saturated heterocycles. The molecule has 0 aliphatic carbocycles. The van der Waals surface area contributed by atoms with Crippen molar-refractivity contribution in [3.05, 3.63) is 27.4 Å². The molecule has 2 aromatic heterocycles. The first kappa shape index (κ1) is 13.0. The SMILES string of the molecule is CC(C)C(c1nc2sccn2c1[N+](=O)[O-])C(C)N. The van der Waals surface area contributed by atoms with Crippen LogP contribution in [-0.4, -0.2) is 20.3 Å². The number of hydrogen-bond donors (Lipinski definition) is 1. The van der Waals surface area contributed by atoms with Crippen LogP contribution in [0.25, 0.3) is 4.96 Å². The summed E-state index contributed by atoms with van der Waals surface area (Å²) < 4.78 is 1.53. The highest BCUT2D eigenvalue weighted by molar-refractivity contribution is 7.15. The van der Waals surface area contributed by atoms with Crippen LogP contribution in [0.5, 0.6) is 0 Å². The third-order valence-corrected chi connectivity index (χ3v) is 3.79. The molecule has 2 unspecified atom stereocenters. The van der Waals surface area contributed by atoms with Crippen molar-refractivity contribution in [1.29, 1.82) is 0 Å². The van der Waals surface area contributed by atoms with Crippen LogP contribution in [0.1, 0.15) is 32.4 Å². The van der Waals surface area contributed by atoms with Crippen molar-refractivity contribution in [2.45, 2.75) is 32.7 Å². The van der Waals surface area contributed by atoms with Crippen molar-refractivity contribution in [2.75, 3.05) is 0 Å². The lowest BCUT2D eigenvalue weighted by molar-refractivity contribution is -0.391. The number of hydrogen-bond acceptors (Lipinski definition) is 5. The fourth-order valence-electron chi connectivity index (χ4n) is 2.37. The molecule has 2 rings (SSSR count). The van der Waals surface area contributed by atoms with Gasteiger partial charge in [0.2, 0.25) is 0 Å². The Kier molecular flexibility index (Phi) is 3.36. The molecular weight excluding hydrogens is 252 g/mol. The number of imidazole rings is 1. The zero-order valence-corrected chi connectivity index (χ0v) is 11.3. The van der Waals surface area contributed by atoms with Gasteiger partial charge in [0.25, 0.3) is 4.96 Å². The predicted octanol–water partition coefficient (Wildman–Crippen LogP) is 2.39. The summed E-state index contributed by atoms with van der Waals surface area (Å²) in [5, 5.41) is 13.0. The highest BCUT2D eigenvalue weighted by Gasteiger charge is 2.33. The molecule has 7 heteroatoms. The zero-order chi connectivity index (χ0) is 13.4. The zero-order valence-electron chi connectivity index (χ0n) is 10.5. The van der Waals surface area contributed by atoms with Crippen molar-refractivity contribution in [3.63, 3.8) is 0 Å². The summed E-state index contributed by atoms with van der Waals surface area (Å²) >= 11 is 1.39. The number of fused-ring (bicyclic) bond motifs is 1. The number of nitro groups is 1. The molecule has 98 valence electrons. The molecule has 2 aromatic rings. The maximum atomic E-state index is 11.3. The van der Waals surface area contributed by atoms with Crippen LogP contribution in [0.4, 0.5) is 5.82 Å². The van der Waals surface area contributed by atoms with E-state index in [4.69, 9.17) is 5.73 Å². The minimum Gasteiger partial charge on any atom is -0.358 e. The van der Waals surface area contributed by atoms with Gasteiger partial charge in [0.15, 0.2) is 0 Å². The molecule has 0 saturated carbocycles. The quantitative estimate of drug-likeness (QED) is 0.681. The van der Waals surface area contributed by atoms with Crippen molar-refractivity contribution >= 4 is 22.1 Å². The molecule has 6 nitrogen and oxygen atoms in total. The number of rotatable bonds is 4. The van der Waals surface area contributed by atoms with Crippen LogP contribution >= 0.6 is 11.3 Å². The highest BCUT2D eigenvalue weighted by Crippen LogP contribution is 2.34. The first-order valence-electron chi connectivity index (χ1n) is 5.79. The summed E-state index contributed by atoms with van der Waals surface area (Å²) in [5.74, 6) is 0.132. The summed E-state index contributed by atoms with van der Waals surface area (Å²) in [6.07, 6.45) is 1.67. The summed E-state index contributed by atoms with van der Waals surface area (Å²) in [6, 6.07) is -0.173. The van der Waals surface area contributed by atoms with E-state index in [1.54, 1.807) is 11.6 Å². The first-order chi connectivity index (χ1) is 8.43. The smallest absolute Gasteiger partial charge is 0.352 e. The molecule has 0 radical (unpaired) electrons. The minimum atomic E-state index is -0.375. The second-order valence-electron chi connectivity index (χ2n) is 4.76. The van der Waals surface area contributed by atoms with Crippen LogP contribution in [0.15, 0.2) is 11.6 Å². The Labute approximate surface area is 109 Å². The summed E-state index contributed by atoms with van der Waals surface area (Å²) in [4.78, 5) is 15.9. The molecule has 0 fully saturated rings. The topological polar surface area (TPSA) is 86.5 Å². The van der Waals surface area contributed by atoms with Gasteiger partial charge < -0.3 is 15.8 Å². The molecule has 0 amide bonds. The molecular formula is C11H16N4O2S. The number of aromatic nitrogens is 2. The molecule has 18 heavy (non-hydrogen) atoms. The molecule has 2 atom stereocenters. The van der Waals surface area contributed by atoms with Gasteiger partial charge in [-0.05, 0) is 17.8 Å². The van der Waals surface area contributed by atoms with Crippen LogP contribution in [0, 0.1) is 16.0 Å². The average Bonchev–Trinajstić information content (AvgIpc) is 2.74. The van der Waals surface area contributed by atoms with Gasteiger partial charge in [-0.15, -0.1) is 0 Å². The Morgan fingerprint density at radius 2 is 2.17 bits per heavy atom. The second kappa shape index (κ2) is 4.66. The lowest BCUT2D eigenvalue weighted by Crippen LogP contribution is -2.29. The molecule has 0 spiro atoms. The molecule has 0 aliphatic rings. The third kappa shape index (κ3) is 1.99. The Hall–Kier alpha value is -1.47. The average molecular weight is 268 g/mol. The number of nitrogens with zero attached hydrogens (tertiary/aromatic N) is 3. The second-order valence-corrected chi connectivity index (χ2v) is 5.64. The van der Waals surface area contributed by atoms with E-state index in [0.29, 0.717) is 10.7 Å². The lowest BCUT2D eigenvalue weighted by Gasteiger charge is -2.22. The van der Waals surface area contributed by atoms with Crippen molar-refractivity contribution in [3.8, 4) is 0 Å². The normalized spacial score (nSPS) is 15.2. The van der Waals surface area contributed by atoms with Gasteiger partial charge in [0, 0.05) is 17.3 Å². The van der Waals surface area contributed by atoms with E-state index in [9.17, 15) is 10.1 Å². The van der Waals surface area contributed by atoms with Gasteiger partial charge in [-0.1, -0.05) is 25.2 Å². The van der Waals surface area contributed by atoms with E-state index in [2.05, 4.69) is 4.98 Å². The summed E-state index contributed by atoms with van der Waals surface area (Å²) in [6.45, 7) is 5.87. The van der Waals surface area contributed by atoms with Gasteiger partial charge in [-0.25, -0.2) is 0 Å². The molecule has 2 N–H and O–H groups in total. The third-order valence-electron chi connectivity index (χ3n) is 3.04. The molecule has 2 heterocycles. The van der Waals surface area contributed by atoms with E-state index in [0.717, 1.165) is 0 Å².